The average Bonchev–Trinajstić information content (AvgIpc) is 3.64. The normalized spacial score (nSPS) is 12.4. The highest BCUT2D eigenvalue weighted by Gasteiger charge is 2.26. The van der Waals surface area contributed by atoms with Crippen LogP contribution in [-0.2, 0) is 0 Å². The first kappa shape index (κ1) is 22.3. The van der Waals surface area contributed by atoms with E-state index in [1.165, 1.54) is 70.2 Å². The Balaban J connectivity index is 1.40. The number of hydrogen-bond acceptors (Lipinski definition) is 2. The van der Waals surface area contributed by atoms with Crippen LogP contribution in [0.4, 0.5) is 0 Å². The van der Waals surface area contributed by atoms with E-state index in [-0.39, 0.29) is 0 Å². The molecule has 0 atom stereocenters. The van der Waals surface area contributed by atoms with Crippen molar-refractivity contribution in [3.63, 3.8) is 0 Å². The fourth-order valence-electron chi connectivity index (χ4n) is 6.74. The van der Waals surface area contributed by atoms with Gasteiger partial charge in [-0.2, -0.15) is 0 Å². The van der Waals surface area contributed by atoms with Crippen LogP contribution < -0.4 is 10.9 Å². The van der Waals surface area contributed by atoms with Crippen LogP contribution in [-0.4, -0.2) is 12.3 Å². The first-order chi connectivity index (χ1) is 19.7. The van der Waals surface area contributed by atoms with Crippen molar-refractivity contribution in [3.8, 4) is 32.7 Å². The van der Waals surface area contributed by atoms with Crippen molar-refractivity contribution in [1.29, 1.82) is 0 Å². The van der Waals surface area contributed by atoms with Gasteiger partial charge in [0.2, 0.25) is 5.71 Å². The number of para-hydroxylation sites is 2. The number of hydrogen-bond donors (Lipinski definition) is 1. The number of aromatic amines is 1. The van der Waals surface area contributed by atoms with E-state index >= 15 is 0 Å². The van der Waals surface area contributed by atoms with Crippen molar-refractivity contribution < 1.29 is 4.42 Å². The summed E-state index contributed by atoms with van der Waals surface area (Å²) in [5.41, 5.74) is 14.4. The maximum atomic E-state index is 6.26. The molecule has 1 aliphatic rings. The molecule has 0 spiro atoms. The number of aromatic nitrogens is 1. The number of nitrogens with one attached hydrogen (secondary N) is 1. The molecule has 8 aromatic rings. The van der Waals surface area contributed by atoms with Crippen molar-refractivity contribution in [2.45, 2.75) is 13.8 Å². The standard InChI is InChI=1S/C36H23BNOS/c1-19-17-26(22-12-7-13-25-32-23-9-3-5-15-29(23)39-36(32)38-34(22)25)33-27(18-19)35-31(24-10-4-6-16-30(24)40-35)21-11-8-14-28(37-33)20(21)2/h3-18,38H,1-2H3. The number of aryl methyl sites for hydroxylation is 1. The minimum atomic E-state index is 0.832. The lowest BCUT2D eigenvalue weighted by Gasteiger charge is -2.22. The molecule has 0 fully saturated rings. The van der Waals surface area contributed by atoms with E-state index in [1.54, 1.807) is 0 Å². The Morgan fingerprint density at radius 3 is 2.38 bits per heavy atom. The molecule has 0 saturated heterocycles. The van der Waals surface area contributed by atoms with Gasteiger partial charge in [0.1, 0.15) is 5.58 Å². The number of H-pyrrole nitrogens is 1. The van der Waals surface area contributed by atoms with E-state index in [9.17, 15) is 0 Å². The number of benzene rings is 5. The molecular weight excluding hydrogens is 505 g/mol. The maximum Gasteiger partial charge on any atom is 0.206 e. The lowest BCUT2D eigenvalue weighted by Crippen LogP contribution is -2.33. The largest absolute Gasteiger partial charge is 0.440 e. The lowest BCUT2D eigenvalue weighted by atomic mass is 9.57. The third kappa shape index (κ3) is 2.94. The first-order valence-electron chi connectivity index (χ1n) is 13.7. The van der Waals surface area contributed by atoms with Gasteiger partial charge >= 0.3 is 0 Å². The highest BCUT2D eigenvalue weighted by molar-refractivity contribution is 7.23. The Bertz CT molecular complexity index is 2330. The summed E-state index contributed by atoms with van der Waals surface area (Å²) < 4.78 is 7.59. The number of furan rings is 1. The molecule has 0 unspecified atom stereocenters. The summed E-state index contributed by atoms with van der Waals surface area (Å²) in [6, 6.07) is 35.2. The van der Waals surface area contributed by atoms with E-state index < -0.39 is 0 Å². The molecule has 9 rings (SSSR count). The van der Waals surface area contributed by atoms with Crippen LogP contribution in [0, 0.1) is 13.8 Å². The summed E-state index contributed by atoms with van der Waals surface area (Å²) in [5.74, 6) is 0. The Hall–Kier alpha value is -4.54. The Kier molecular flexibility index (Phi) is 4.46. The zero-order valence-corrected chi connectivity index (χ0v) is 22.9. The van der Waals surface area contributed by atoms with E-state index in [1.807, 2.05) is 23.5 Å². The Labute approximate surface area is 236 Å². The molecule has 0 amide bonds. The maximum absolute atomic E-state index is 6.26. The molecule has 187 valence electrons. The second-order valence-electron chi connectivity index (χ2n) is 10.9. The quantitative estimate of drug-likeness (QED) is 0.212. The summed E-state index contributed by atoms with van der Waals surface area (Å²) in [5, 5.41) is 4.83. The monoisotopic (exact) mass is 528 g/mol. The van der Waals surface area contributed by atoms with Crippen LogP contribution in [0.3, 0.4) is 0 Å². The van der Waals surface area contributed by atoms with Crippen molar-refractivity contribution in [2.75, 3.05) is 0 Å². The van der Waals surface area contributed by atoms with E-state index in [0.717, 1.165) is 27.6 Å². The van der Waals surface area contributed by atoms with E-state index in [4.69, 9.17) is 4.42 Å². The van der Waals surface area contributed by atoms with Gasteiger partial charge < -0.3 is 9.40 Å². The van der Waals surface area contributed by atoms with Crippen LogP contribution in [0.1, 0.15) is 11.1 Å². The molecule has 1 N–H and O–H groups in total. The van der Waals surface area contributed by atoms with Gasteiger partial charge in [0, 0.05) is 36.9 Å². The molecule has 4 heteroatoms. The van der Waals surface area contributed by atoms with E-state index in [2.05, 4.69) is 111 Å². The zero-order chi connectivity index (χ0) is 26.5. The molecule has 4 heterocycles. The Morgan fingerprint density at radius 2 is 1.45 bits per heavy atom. The first-order valence-corrected chi connectivity index (χ1v) is 14.5. The van der Waals surface area contributed by atoms with Crippen LogP contribution in [0.2, 0.25) is 0 Å². The SMILES string of the molecule is Cc1cc2c(c(-c3cccc4c3[nH]c3oc5ccccc5c34)c1)[B]c1cccc(c1C)-c1c-2sc2ccccc12. The van der Waals surface area contributed by atoms with Crippen molar-refractivity contribution in [3.05, 3.63) is 108 Å². The number of thiophene rings is 1. The molecule has 3 aromatic heterocycles. The van der Waals surface area contributed by atoms with Crippen molar-refractivity contribution >= 4 is 72.6 Å². The summed E-state index contributed by atoms with van der Waals surface area (Å²) >= 11 is 1.90. The third-order valence-corrected chi connectivity index (χ3v) is 9.77. The highest BCUT2D eigenvalue weighted by atomic mass is 32.1. The molecule has 40 heavy (non-hydrogen) atoms. The highest BCUT2D eigenvalue weighted by Crippen LogP contribution is 2.47. The summed E-state index contributed by atoms with van der Waals surface area (Å²) in [6.07, 6.45) is 0. The van der Waals surface area contributed by atoms with Gasteiger partial charge in [0.25, 0.3) is 0 Å². The molecular formula is C36H23BNOS. The van der Waals surface area contributed by atoms with Gasteiger partial charge in [-0.05, 0) is 53.8 Å². The number of rotatable bonds is 1. The van der Waals surface area contributed by atoms with Gasteiger partial charge in [-0.1, -0.05) is 95.9 Å². The van der Waals surface area contributed by atoms with Gasteiger partial charge in [-0.3, -0.25) is 0 Å². The topological polar surface area (TPSA) is 28.9 Å². The second-order valence-corrected chi connectivity index (χ2v) is 11.9. The van der Waals surface area contributed by atoms with Gasteiger partial charge in [0.05, 0.1) is 10.9 Å². The average molecular weight is 528 g/mol. The van der Waals surface area contributed by atoms with Crippen LogP contribution >= 0.6 is 11.3 Å². The summed E-state index contributed by atoms with van der Waals surface area (Å²) in [4.78, 5) is 5.01. The smallest absolute Gasteiger partial charge is 0.206 e. The molecule has 2 nitrogen and oxygen atoms in total. The zero-order valence-electron chi connectivity index (χ0n) is 22.1. The summed E-state index contributed by atoms with van der Waals surface area (Å²) in [6.45, 7) is 4.48. The van der Waals surface area contributed by atoms with Crippen molar-refractivity contribution in [1.82, 2.24) is 4.98 Å². The van der Waals surface area contributed by atoms with Gasteiger partial charge in [-0.15, -0.1) is 11.3 Å². The van der Waals surface area contributed by atoms with Crippen LogP contribution in [0.5, 0.6) is 0 Å². The second kappa shape index (κ2) is 8.00. The van der Waals surface area contributed by atoms with E-state index in [0.29, 0.717) is 0 Å². The van der Waals surface area contributed by atoms with Gasteiger partial charge in [-0.25, -0.2) is 0 Å². The molecule has 0 aliphatic carbocycles. The van der Waals surface area contributed by atoms with Gasteiger partial charge in [0.15, 0.2) is 7.28 Å². The molecule has 5 aromatic carbocycles. The molecule has 1 radical (unpaired) electrons. The summed E-state index contributed by atoms with van der Waals surface area (Å²) in [7, 11) is 2.40. The predicted molar refractivity (Wildman–Crippen MR) is 172 cm³/mol. The Morgan fingerprint density at radius 1 is 0.700 bits per heavy atom. The minimum Gasteiger partial charge on any atom is -0.440 e. The minimum absolute atomic E-state index is 0.832. The third-order valence-electron chi connectivity index (χ3n) is 8.57. The van der Waals surface area contributed by atoms with Crippen LogP contribution in [0.25, 0.3) is 75.8 Å². The predicted octanol–water partition coefficient (Wildman–Crippen LogP) is 8.87. The van der Waals surface area contributed by atoms with Crippen molar-refractivity contribution in [2.24, 2.45) is 0 Å². The molecule has 2 bridgehead atoms. The molecule has 0 saturated carbocycles. The lowest BCUT2D eigenvalue weighted by molar-refractivity contribution is 0.657. The fraction of sp³-hybridized carbons (Fsp3) is 0.0556. The fourth-order valence-corrected chi connectivity index (χ4v) is 7.98. The molecule has 1 aliphatic heterocycles. The van der Waals surface area contributed by atoms with Crippen LogP contribution in [0.15, 0.2) is 101 Å². The number of fused-ring (bicyclic) bond motifs is 13.